The van der Waals surface area contributed by atoms with E-state index in [4.69, 9.17) is 26.6 Å². The maximum atomic E-state index is 6.31. The van der Waals surface area contributed by atoms with Crippen molar-refractivity contribution in [1.82, 2.24) is 15.0 Å². The van der Waals surface area contributed by atoms with Crippen LogP contribution in [-0.4, -0.2) is 15.0 Å². The normalized spacial score (nSPS) is 11.4. The van der Waals surface area contributed by atoms with Crippen LogP contribution in [-0.2, 0) is 0 Å². The number of nitrogens with zero attached hydrogens (tertiary/aromatic N) is 3. The number of halogens is 1. The summed E-state index contributed by atoms with van der Waals surface area (Å²) in [5.41, 5.74) is 2.73. The molecule has 7 aromatic rings. The van der Waals surface area contributed by atoms with E-state index in [0.717, 1.165) is 16.7 Å². The van der Waals surface area contributed by atoms with Crippen LogP contribution >= 0.6 is 11.6 Å². The maximum absolute atomic E-state index is 6.31. The highest BCUT2D eigenvalue weighted by Crippen LogP contribution is 2.37. The van der Waals surface area contributed by atoms with Crippen molar-refractivity contribution in [2.24, 2.45) is 0 Å². The van der Waals surface area contributed by atoms with Crippen LogP contribution in [0.3, 0.4) is 0 Å². The SMILES string of the molecule is Clc1cccc(-c2nc(-c3ccccc3)nc(-c3ccc4c5ccccc5c5ccccc5c4c3)n2)c1. The minimum absolute atomic E-state index is 0.592. The first-order valence-corrected chi connectivity index (χ1v) is 12.5. The standard InChI is InChI=1S/C33H20ClN3/c34-24-12-8-11-22(19-24)32-35-31(21-9-2-1-3-10-21)36-33(37-32)23-17-18-29-27-15-5-4-13-25(27)26-14-6-7-16-28(26)30(29)20-23/h1-20H. The van der Waals surface area contributed by atoms with Gasteiger partial charge in [0.05, 0.1) is 0 Å². The molecular formula is C33H20ClN3. The van der Waals surface area contributed by atoms with Gasteiger partial charge in [0.15, 0.2) is 17.5 Å². The third kappa shape index (κ3) is 3.81. The van der Waals surface area contributed by atoms with Crippen molar-refractivity contribution in [3.8, 4) is 34.2 Å². The Labute approximate surface area is 219 Å². The van der Waals surface area contributed by atoms with Crippen LogP contribution in [0.2, 0.25) is 5.02 Å². The monoisotopic (exact) mass is 493 g/mol. The zero-order chi connectivity index (χ0) is 24.8. The summed E-state index contributed by atoms with van der Waals surface area (Å²) in [6, 6.07) is 41.3. The average Bonchev–Trinajstić information content (AvgIpc) is 2.97. The summed E-state index contributed by atoms with van der Waals surface area (Å²) in [6.07, 6.45) is 0. The molecule has 0 amide bonds. The lowest BCUT2D eigenvalue weighted by Gasteiger charge is -2.12. The lowest BCUT2D eigenvalue weighted by atomic mass is 9.93. The van der Waals surface area contributed by atoms with Crippen LogP contribution in [0.15, 0.2) is 121 Å². The van der Waals surface area contributed by atoms with Crippen LogP contribution in [0.4, 0.5) is 0 Å². The lowest BCUT2D eigenvalue weighted by Crippen LogP contribution is -2.00. The Bertz CT molecular complexity index is 1910. The van der Waals surface area contributed by atoms with Gasteiger partial charge < -0.3 is 0 Å². The summed E-state index contributed by atoms with van der Waals surface area (Å²) in [6.45, 7) is 0. The summed E-state index contributed by atoms with van der Waals surface area (Å²) >= 11 is 6.31. The van der Waals surface area contributed by atoms with Gasteiger partial charge >= 0.3 is 0 Å². The molecule has 0 aliphatic carbocycles. The third-order valence-corrected chi connectivity index (χ3v) is 6.99. The first kappa shape index (κ1) is 21.7. The van der Waals surface area contributed by atoms with E-state index >= 15 is 0 Å². The molecule has 0 spiro atoms. The Morgan fingerprint density at radius 1 is 0.351 bits per heavy atom. The van der Waals surface area contributed by atoms with Crippen LogP contribution in [0.5, 0.6) is 0 Å². The zero-order valence-electron chi connectivity index (χ0n) is 19.8. The molecule has 1 heterocycles. The summed E-state index contributed by atoms with van der Waals surface area (Å²) in [5.74, 6) is 1.85. The summed E-state index contributed by atoms with van der Waals surface area (Å²) < 4.78 is 0. The van der Waals surface area contributed by atoms with Crippen molar-refractivity contribution in [3.05, 3.63) is 126 Å². The van der Waals surface area contributed by atoms with Crippen molar-refractivity contribution in [2.75, 3.05) is 0 Å². The maximum Gasteiger partial charge on any atom is 0.164 e. The van der Waals surface area contributed by atoms with E-state index in [1.807, 2.05) is 54.6 Å². The van der Waals surface area contributed by atoms with E-state index in [0.29, 0.717) is 22.5 Å². The van der Waals surface area contributed by atoms with Gasteiger partial charge in [-0.3, -0.25) is 0 Å². The van der Waals surface area contributed by atoms with Crippen LogP contribution in [0, 0.1) is 0 Å². The fourth-order valence-corrected chi connectivity index (χ4v) is 5.22. The molecule has 6 aromatic carbocycles. The van der Waals surface area contributed by atoms with Gasteiger partial charge in [-0.15, -0.1) is 0 Å². The van der Waals surface area contributed by atoms with Crippen molar-refractivity contribution in [1.29, 1.82) is 0 Å². The molecular weight excluding hydrogens is 474 g/mol. The minimum Gasteiger partial charge on any atom is -0.208 e. The lowest BCUT2D eigenvalue weighted by molar-refractivity contribution is 1.07. The molecule has 0 saturated carbocycles. The highest BCUT2D eigenvalue weighted by Gasteiger charge is 2.14. The van der Waals surface area contributed by atoms with E-state index in [1.165, 1.54) is 32.3 Å². The zero-order valence-corrected chi connectivity index (χ0v) is 20.5. The van der Waals surface area contributed by atoms with E-state index in [2.05, 4.69) is 66.7 Å². The fourth-order valence-electron chi connectivity index (χ4n) is 5.02. The van der Waals surface area contributed by atoms with E-state index in [-0.39, 0.29) is 0 Å². The first-order chi connectivity index (χ1) is 18.2. The number of hydrogen-bond acceptors (Lipinski definition) is 3. The van der Waals surface area contributed by atoms with Gasteiger partial charge in [-0.2, -0.15) is 0 Å². The summed E-state index contributed by atoms with van der Waals surface area (Å²) in [4.78, 5) is 14.6. The molecule has 0 unspecified atom stereocenters. The van der Waals surface area contributed by atoms with Gasteiger partial charge in [0.2, 0.25) is 0 Å². The Morgan fingerprint density at radius 2 is 0.811 bits per heavy atom. The van der Waals surface area contributed by atoms with Crippen molar-refractivity contribution in [3.63, 3.8) is 0 Å². The first-order valence-electron chi connectivity index (χ1n) is 12.2. The van der Waals surface area contributed by atoms with Gasteiger partial charge in [0.1, 0.15) is 0 Å². The van der Waals surface area contributed by atoms with Crippen LogP contribution in [0.25, 0.3) is 66.5 Å². The molecule has 0 aliphatic heterocycles. The topological polar surface area (TPSA) is 38.7 Å². The Hall–Kier alpha value is -4.60. The van der Waals surface area contributed by atoms with Crippen molar-refractivity contribution in [2.45, 2.75) is 0 Å². The Kier molecular flexibility index (Phi) is 5.16. The van der Waals surface area contributed by atoms with Gasteiger partial charge in [0.25, 0.3) is 0 Å². The molecule has 0 fully saturated rings. The number of fused-ring (bicyclic) bond motifs is 6. The highest BCUT2D eigenvalue weighted by atomic mass is 35.5. The van der Waals surface area contributed by atoms with E-state index in [9.17, 15) is 0 Å². The second kappa shape index (κ2) is 8.81. The van der Waals surface area contributed by atoms with Crippen molar-refractivity contribution < 1.29 is 0 Å². The highest BCUT2D eigenvalue weighted by molar-refractivity contribution is 6.30. The fraction of sp³-hybridized carbons (Fsp3) is 0. The summed E-state index contributed by atoms with van der Waals surface area (Å²) in [7, 11) is 0. The van der Waals surface area contributed by atoms with E-state index in [1.54, 1.807) is 0 Å². The molecule has 4 heteroatoms. The Morgan fingerprint density at radius 3 is 1.41 bits per heavy atom. The van der Waals surface area contributed by atoms with Crippen LogP contribution in [0.1, 0.15) is 0 Å². The second-order valence-corrected chi connectivity index (χ2v) is 9.47. The molecule has 174 valence electrons. The molecule has 3 nitrogen and oxygen atoms in total. The number of hydrogen-bond donors (Lipinski definition) is 0. The number of rotatable bonds is 3. The molecule has 0 N–H and O–H groups in total. The molecule has 0 saturated heterocycles. The van der Waals surface area contributed by atoms with Crippen molar-refractivity contribution >= 4 is 43.9 Å². The molecule has 37 heavy (non-hydrogen) atoms. The van der Waals surface area contributed by atoms with Gasteiger partial charge in [-0.05, 0) is 50.5 Å². The summed E-state index contributed by atoms with van der Waals surface area (Å²) in [5, 5.41) is 7.98. The van der Waals surface area contributed by atoms with Gasteiger partial charge in [0, 0.05) is 21.7 Å². The molecule has 1 aromatic heterocycles. The smallest absolute Gasteiger partial charge is 0.164 e. The Balaban J connectivity index is 1.50. The largest absolute Gasteiger partial charge is 0.208 e. The van der Waals surface area contributed by atoms with Gasteiger partial charge in [-0.1, -0.05) is 115 Å². The molecule has 0 atom stereocenters. The molecule has 0 aliphatic rings. The average molecular weight is 494 g/mol. The second-order valence-electron chi connectivity index (χ2n) is 9.03. The van der Waals surface area contributed by atoms with Gasteiger partial charge in [-0.25, -0.2) is 15.0 Å². The predicted octanol–water partition coefficient (Wildman–Crippen LogP) is 8.99. The quantitative estimate of drug-likeness (QED) is 0.230. The molecule has 7 rings (SSSR count). The van der Waals surface area contributed by atoms with Crippen LogP contribution < -0.4 is 0 Å². The van der Waals surface area contributed by atoms with E-state index < -0.39 is 0 Å². The third-order valence-electron chi connectivity index (χ3n) is 6.75. The number of benzene rings is 6. The molecule has 0 radical (unpaired) electrons. The molecule has 0 bridgehead atoms. The number of aromatic nitrogens is 3. The predicted molar refractivity (Wildman–Crippen MR) is 154 cm³/mol. The minimum atomic E-state index is 0.592.